The van der Waals surface area contributed by atoms with Crippen molar-refractivity contribution in [3.05, 3.63) is 35.9 Å². The molecule has 2 fully saturated rings. The number of methoxy groups -OCH3 is 1. The van der Waals surface area contributed by atoms with Crippen molar-refractivity contribution < 1.29 is 43.0 Å². The van der Waals surface area contributed by atoms with Gasteiger partial charge in [0.15, 0.2) is 0 Å². The Kier molecular flexibility index (Phi) is 12.3. The number of ether oxygens (including phenoxy) is 2. The van der Waals surface area contributed by atoms with Gasteiger partial charge in [0.25, 0.3) is 0 Å². The van der Waals surface area contributed by atoms with Crippen LogP contribution in [-0.4, -0.2) is 109 Å². The number of benzene rings is 1. The van der Waals surface area contributed by atoms with Crippen LogP contribution in [-0.2, 0) is 44.8 Å². The molecule has 234 valence electrons. The third kappa shape index (κ3) is 9.68. The minimum Gasteiger partial charge on any atom is -0.468 e. The highest BCUT2D eigenvalue weighted by Crippen LogP contribution is 2.18. The third-order valence-corrected chi connectivity index (χ3v) is 7.15. The molecule has 2 aliphatic heterocycles. The van der Waals surface area contributed by atoms with Crippen LogP contribution in [0.1, 0.15) is 38.2 Å². The molecule has 2 saturated heterocycles. The summed E-state index contributed by atoms with van der Waals surface area (Å²) in [5, 5.41) is 9.87. The Morgan fingerprint density at radius 3 is 2.00 bits per heavy atom. The van der Waals surface area contributed by atoms with Crippen molar-refractivity contribution in [1.82, 2.24) is 31.1 Å². The molecule has 0 bridgehead atoms. The monoisotopic (exact) mass is 602 g/mol. The molecule has 0 radical (unpaired) electrons. The molecule has 1 aromatic carbocycles. The molecular formula is C28H38N6O9. The van der Waals surface area contributed by atoms with Gasteiger partial charge < -0.3 is 40.5 Å². The van der Waals surface area contributed by atoms with Crippen molar-refractivity contribution in [3.8, 4) is 0 Å². The van der Waals surface area contributed by atoms with E-state index in [0.717, 1.165) is 5.56 Å². The zero-order chi connectivity index (χ0) is 31.4. The first-order chi connectivity index (χ1) is 20.6. The Bertz CT molecular complexity index is 1190. The highest BCUT2D eigenvalue weighted by Gasteiger charge is 2.36. The fourth-order valence-corrected chi connectivity index (χ4v) is 4.84. The van der Waals surface area contributed by atoms with Gasteiger partial charge >= 0.3 is 12.1 Å². The molecule has 4 N–H and O–H groups in total. The quantitative estimate of drug-likeness (QED) is 0.213. The van der Waals surface area contributed by atoms with Crippen molar-refractivity contribution in [2.75, 3.05) is 39.8 Å². The van der Waals surface area contributed by atoms with E-state index in [1.54, 1.807) is 12.1 Å². The van der Waals surface area contributed by atoms with Gasteiger partial charge in [0, 0.05) is 13.1 Å². The van der Waals surface area contributed by atoms with E-state index >= 15 is 0 Å². The Morgan fingerprint density at radius 2 is 1.40 bits per heavy atom. The van der Waals surface area contributed by atoms with Crippen LogP contribution in [0, 0.1) is 0 Å². The number of hydrogen-bond acceptors (Lipinski definition) is 9. The Hall–Kier alpha value is -4.69. The van der Waals surface area contributed by atoms with Crippen molar-refractivity contribution >= 4 is 41.6 Å². The minimum atomic E-state index is -1.01. The summed E-state index contributed by atoms with van der Waals surface area (Å²) in [4.78, 5) is 89.4. The highest BCUT2D eigenvalue weighted by molar-refractivity contribution is 5.95. The number of alkyl carbamates (subject to hydrolysis) is 1. The number of rotatable bonds is 12. The molecule has 0 saturated carbocycles. The van der Waals surface area contributed by atoms with E-state index in [4.69, 9.17) is 4.74 Å². The summed E-state index contributed by atoms with van der Waals surface area (Å²) >= 11 is 0. The Balaban J connectivity index is 1.41. The minimum absolute atomic E-state index is 0.0478. The van der Waals surface area contributed by atoms with Crippen LogP contribution in [0.2, 0.25) is 0 Å². The van der Waals surface area contributed by atoms with Crippen molar-refractivity contribution in [2.45, 2.75) is 57.3 Å². The summed E-state index contributed by atoms with van der Waals surface area (Å²) in [6.45, 7) is 1.07. The topological polar surface area (TPSA) is 193 Å². The number of amides is 6. The lowest BCUT2D eigenvalue weighted by molar-refractivity contribution is -0.143. The maximum Gasteiger partial charge on any atom is 0.407 e. The largest absolute Gasteiger partial charge is 0.468 e. The van der Waals surface area contributed by atoms with Crippen LogP contribution < -0.4 is 21.3 Å². The molecule has 2 heterocycles. The number of carbonyl (C=O) groups excluding carboxylic acids is 7. The molecule has 43 heavy (non-hydrogen) atoms. The van der Waals surface area contributed by atoms with Crippen LogP contribution in [0.15, 0.2) is 30.3 Å². The van der Waals surface area contributed by atoms with Crippen molar-refractivity contribution in [3.63, 3.8) is 0 Å². The van der Waals surface area contributed by atoms with Crippen LogP contribution in [0.5, 0.6) is 0 Å². The molecule has 0 spiro atoms. The second-order valence-corrected chi connectivity index (χ2v) is 10.1. The third-order valence-electron chi connectivity index (χ3n) is 7.15. The number of likely N-dealkylation sites (tertiary alicyclic amines) is 2. The summed E-state index contributed by atoms with van der Waals surface area (Å²) in [6.07, 6.45) is 1.20. The van der Waals surface area contributed by atoms with Gasteiger partial charge in [-0.2, -0.15) is 0 Å². The molecule has 15 nitrogen and oxygen atoms in total. The lowest BCUT2D eigenvalue weighted by Crippen LogP contribution is -2.54. The molecule has 2 aliphatic rings. The van der Waals surface area contributed by atoms with E-state index in [0.29, 0.717) is 38.8 Å². The molecule has 0 unspecified atom stereocenters. The number of esters is 1. The van der Waals surface area contributed by atoms with Gasteiger partial charge in [0.1, 0.15) is 37.8 Å². The van der Waals surface area contributed by atoms with Crippen LogP contribution in [0.3, 0.4) is 0 Å². The van der Waals surface area contributed by atoms with Crippen LogP contribution >= 0.6 is 0 Å². The molecule has 1 aromatic rings. The van der Waals surface area contributed by atoms with E-state index in [2.05, 4.69) is 26.0 Å². The average molecular weight is 603 g/mol. The number of nitrogens with zero attached hydrogens (tertiary/aromatic N) is 2. The lowest BCUT2D eigenvalue weighted by atomic mass is 10.2. The van der Waals surface area contributed by atoms with E-state index in [1.807, 2.05) is 18.2 Å². The van der Waals surface area contributed by atoms with E-state index in [1.165, 1.54) is 23.8 Å². The van der Waals surface area contributed by atoms with Gasteiger partial charge in [-0.15, -0.1) is 0 Å². The first-order valence-corrected chi connectivity index (χ1v) is 14.1. The smallest absolute Gasteiger partial charge is 0.407 e. The van der Waals surface area contributed by atoms with Gasteiger partial charge in [-0.25, -0.2) is 4.79 Å². The average Bonchev–Trinajstić information content (AvgIpc) is 3.71. The second kappa shape index (κ2) is 16.1. The molecule has 15 heteroatoms. The lowest BCUT2D eigenvalue weighted by Gasteiger charge is -2.26. The first kappa shape index (κ1) is 32.8. The van der Waals surface area contributed by atoms with E-state index < -0.39 is 59.7 Å². The summed E-state index contributed by atoms with van der Waals surface area (Å²) in [6, 6.07) is 6.46. The molecule has 0 aliphatic carbocycles. The standard InChI is InChI=1S/C28H38N6O9/c1-18(25(38)29-14-22(35)33-12-6-10-20(33)26(39)30-16-24(37)42-2)32-27(40)21-11-7-13-34(21)23(36)15-31-28(41)43-17-19-8-4-3-5-9-19/h3-5,8-9,18,20-21H,6-7,10-17H2,1-2H3,(H,29,38)(H,30,39)(H,31,41)(H,32,40)/t18-,20-,21+/m0/s1. The molecule has 6 amide bonds. The second-order valence-electron chi connectivity index (χ2n) is 10.1. The fraction of sp³-hybridized carbons (Fsp3) is 0.536. The molecule has 3 atom stereocenters. The van der Waals surface area contributed by atoms with Crippen LogP contribution in [0.4, 0.5) is 4.79 Å². The van der Waals surface area contributed by atoms with E-state index in [9.17, 15) is 33.6 Å². The number of hydrogen-bond donors (Lipinski definition) is 4. The highest BCUT2D eigenvalue weighted by atomic mass is 16.5. The Labute approximate surface area is 249 Å². The molecular weight excluding hydrogens is 564 g/mol. The predicted octanol–water partition coefficient (Wildman–Crippen LogP) is -1.20. The number of nitrogens with one attached hydrogen (secondary N) is 4. The normalized spacial score (nSPS) is 18.3. The molecule has 3 rings (SSSR count). The summed E-state index contributed by atoms with van der Waals surface area (Å²) < 4.78 is 9.59. The van der Waals surface area contributed by atoms with Gasteiger partial charge in [0.05, 0.1) is 13.7 Å². The van der Waals surface area contributed by atoms with Crippen molar-refractivity contribution in [1.29, 1.82) is 0 Å². The van der Waals surface area contributed by atoms with Gasteiger partial charge in [-0.3, -0.25) is 28.8 Å². The number of carbonyl (C=O) groups is 7. The maximum atomic E-state index is 12.9. The SMILES string of the molecule is COC(=O)CNC(=O)[C@@H]1CCCN1C(=O)CNC(=O)[C@H](C)NC(=O)[C@H]1CCCN1C(=O)CNC(=O)OCc1ccccc1. The van der Waals surface area contributed by atoms with Gasteiger partial charge in [-0.05, 0) is 38.2 Å². The van der Waals surface area contributed by atoms with Gasteiger partial charge in [-0.1, -0.05) is 30.3 Å². The Morgan fingerprint density at radius 1 is 0.814 bits per heavy atom. The predicted molar refractivity (Wildman–Crippen MR) is 150 cm³/mol. The summed E-state index contributed by atoms with van der Waals surface area (Å²) in [7, 11) is 1.20. The zero-order valence-corrected chi connectivity index (χ0v) is 24.3. The van der Waals surface area contributed by atoms with Gasteiger partial charge in [0.2, 0.25) is 29.5 Å². The van der Waals surface area contributed by atoms with E-state index in [-0.39, 0.29) is 26.2 Å². The fourth-order valence-electron chi connectivity index (χ4n) is 4.84. The first-order valence-electron chi connectivity index (χ1n) is 14.1. The maximum absolute atomic E-state index is 12.9. The van der Waals surface area contributed by atoms with Crippen molar-refractivity contribution in [2.24, 2.45) is 0 Å². The summed E-state index contributed by atoms with van der Waals surface area (Å²) in [5.74, 6) is -3.20. The summed E-state index contributed by atoms with van der Waals surface area (Å²) in [5.41, 5.74) is 0.794. The molecule has 0 aromatic heterocycles. The van der Waals surface area contributed by atoms with Crippen LogP contribution in [0.25, 0.3) is 0 Å². The zero-order valence-electron chi connectivity index (χ0n) is 24.3.